The Morgan fingerprint density at radius 3 is 2.18 bits per heavy atom. The molecule has 0 saturated heterocycles. The maximum Gasteiger partial charge on any atom is 0.331 e. The minimum Gasteiger partial charge on any atom is -0.254 e. The van der Waals surface area contributed by atoms with E-state index in [-0.39, 0.29) is 10.8 Å². The van der Waals surface area contributed by atoms with Crippen molar-refractivity contribution >= 4 is 36.9 Å². The van der Waals surface area contributed by atoms with Gasteiger partial charge in [0, 0.05) is 10.7 Å². The number of hydrogen-bond acceptors (Lipinski definition) is 3. The molecule has 0 saturated carbocycles. The molecule has 0 fully saturated rings. The molecule has 4 nitrogen and oxygen atoms in total. The summed E-state index contributed by atoms with van der Waals surface area (Å²) < 4.78 is 21.3. The zero-order valence-corrected chi connectivity index (χ0v) is 7.66. The lowest BCUT2D eigenvalue weighted by molar-refractivity contribution is 0.247. The Morgan fingerprint density at radius 2 is 2.09 bits per heavy atom. The third-order valence-corrected chi connectivity index (χ3v) is 2.40. The Bertz CT molecular complexity index is 261. The van der Waals surface area contributed by atoms with Crippen LogP contribution in [0, 0.1) is 0 Å². The van der Waals surface area contributed by atoms with Gasteiger partial charge in [0.25, 0.3) is 0 Å². The second-order valence-corrected chi connectivity index (χ2v) is 4.27. The molecular formula is C4H5Cl2NO3S. The Morgan fingerprint density at radius 1 is 1.64 bits per heavy atom. The largest absolute Gasteiger partial charge is 0.331 e. The van der Waals surface area contributed by atoms with Gasteiger partial charge in [0.05, 0.1) is 6.54 Å². The van der Waals surface area contributed by atoms with Crippen molar-refractivity contribution in [1.29, 1.82) is 0 Å². The number of amides is 1. The maximum absolute atomic E-state index is 10.5. The number of hydrogen-bond donors (Lipinski definition) is 0. The lowest BCUT2D eigenvalue weighted by Crippen LogP contribution is -2.29. The fraction of sp³-hybridized carbons (Fsp3) is 0.250. The van der Waals surface area contributed by atoms with Gasteiger partial charge in [0.2, 0.25) is 0 Å². The van der Waals surface area contributed by atoms with E-state index in [1.807, 2.05) is 0 Å². The van der Waals surface area contributed by atoms with Gasteiger partial charge in [0.1, 0.15) is 0 Å². The summed E-state index contributed by atoms with van der Waals surface area (Å²) in [7, 11) is 0.745. The van der Waals surface area contributed by atoms with Crippen molar-refractivity contribution in [3.05, 3.63) is 12.7 Å². The highest BCUT2D eigenvalue weighted by molar-refractivity contribution is 8.12. The number of halogens is 2. The molecule has 0 N–H and O–H groups in total. The average Bonchev–Trinajstić information content (AvgIpc) is 1.79. The minimum absolute atomic E-state index is 0.228. The van der Waals surface area contributed by atoms with Gasteiger partial charge in [-0.15, -0.1) is 6.58 Å². The summed E-state index contributed by atoms with van der Waals surface area (Å²) in [5.74, 6) is 0. The van der Waals surface area contributed by atoms with Crippen molar-refractivity contribution in [2.45, 2.75) is 0 Å². The summed E-state index contributed by atoms with van der Waals surface area (Å²) in [6.45, 7) is 2.99. The van der Waals surface area contributed by atoms with Crippen LogP contribution in [0.2, 0.25) is 0 Å². The van der Waals surface area contributed by atoms with Gasteiger partial charge in [-0.05, 0) is 11.6 Å². The molecule has 0 unspecified atom stereocenters. The van der Waals surface area contributed by atoms with Crippen molar-refractivity contribution in [3.8, 4) is 0 Å². The summed E-state index contributed by atoms with van der Waals surface area (Å²) >= 11 is 4.88. The number of carbonyl (C=O) groups excluding carboxylic acids is 1. The van der Waals surface area contributed by atoms with Crippen molar-refractivity contribution in [2.24, 2.45) is 0 Å². The van der Waals surface area contributed by atoms with Crippen LogP contribution in [0.3, 0.4) is 0 Å². The summed E-state index contributed by atoms with van der Waals surface area (Å²) in [6, 6.07) is 0. The SMILES string of the molecule is C=CCN(C(=O)Cl)S(=O)(=O)Cl. The van der Waals surface area contributed by atoms with Crippen molar-refractivity contribution in [3.63, 3.8) is 0 Å². The quantitative estimate of drug-likeness (QED) is 0.407. The van der Waals surface area contributed by atoms with Gasteiger partial charge in [-0.25, -0.2) is 4.31 Å². The average molecular weight is 218 g/mol. The zero-order valence-electron chi connectivity index (χ0n) is 5.33. The Labute approximate surface area is 73.9 Å². The zero-order chi connectivity index (χ0) is 9.07. The highest BCUT2D eigenvalue weighted by Crippen LogP contribution is 2.09. The van der Waals surface area contributed by atoms with Crippen LogP contribution in [0.4, 0.5) is 4.79 Å². The molecule has 0 heterocycles. The molecule has 0 bridgehead atoms. The molecule has 0 rings (SSSR count). The Kier molecular flexibility index (Phi) is 3.85. The first-order valence-corrected chi connectivity index (χ1v) is 5.06. The van der Waals surface area contributed by atoms with Crippen LogP contribution in [-0.2, 0) is 9.24 Å². The van der Waals surface area contributed by atoms with Gasteiger partial charge >= 0.3 is 14.6 Å². The van der Waals surface area contributed by atoms with Crippen LogP contribution in [0.15, 0.2) is 12.7 Å². The normalized spacial score (nSPS) is 10.7. The molecule has 0 atom stereocenters. The second-order valence-electron chi connectivity index (χ2n) is 1.51. The molecule has 1 amide bonds. The van der Waals surface area contributed by atoms with Crippen LogP contribution in [-0.4, -0.2) is 24.6 Å². The van der Waals surface area contributed by atoms with Gasteiger partial charge in [-0.3, -0.25) is 4.79 Å². The van der Waals surface area contributed by atoms with Gasteiger partial charge in [-0.1, -0.05) is 6.08 Å². The molecule has 11 heavy (non-hydrogen) atoms. The van der Waals surface area contributed by atoms with E-state index >= 15 is 0 Å². The molecule has 0 aliphatic heterocycles. The highest BCUT2D eigenvalue weighted by Gasteiger charge is 2.21. The van der Waals surface area contributed by atoms with E-state index in [2.05, 4.69) is 6.58 Å². The lowest BCUT2D eigenvalue weighted by atomic mass is 10.6. The molecule has 0 aromatic carbocycles. The highest BCUT2D eigenvalue weighted by atomic mass is 35.7. The van der Waals surface area contributed by atoms with Crippen LogP contribution in [0.5, 0.6) is 0 Å². The van der Waals surface area contributed by atoms with E-state index in [4.69, 9.17) is 22.3 Å². The minimum atomic E-state index is -4.07. The third kappa shape index (κ3) is 3.60. The van der Waals surface area contributed by atoms with Gasteiger partial charge in [0.15, 0.2) is 0 Å². The molecule has 64 valence electrons. The van der Waals surface area contributed by atoms with Crippen molar-refractivity contribution < 1.29 is 13.2 Å². The molecule has 0 aromatic heterocycles. The third-order valence-electron chi connectivity index (χ3n) is 0.754. The van der Waals surface area contributed by atoms with Crippen LogP contribution in [0.1, 0.15) is 0 Å². The molecule has 0 aliphatic carbocycles. The molecule has 0 aliphatic rings. The maximum atomic E-state index is 10.5. The fourth-order valence-electron chi connectivity index (χ4n) is 0.364. The lowest BCUT2D eigenvalue weighted by Gasteiger charge is -2.11. The molecule has 7 heteroatoms. The van der Waals surface area contributed by atoms with Crippen LogP contribution < -0.4 is 0 Å². The van der Waals surface area contributed by atoms with Crippen molar-refractivity contribution in [2.75, 3.05) is 6.54 Å². The monoisotopic (exact) mass is 217 g/mol. The predicted molar refractivity (Wildman–Crippen MR) is 42.9 cm³/mol. The number of nitrogens with zero attached hydrogens (tertiary/aromatic N) is 1. The Hall–Kier alpha value is -0.260. The van der Waals surface area contributed by atoms with E-state index in [0.29, 0.717) is 0 Å². The first-order valence-electron chi connectivity index (χ1n) is 2.42. The second kappa shape index (κ2) is 3.94. The summed E-state index contributed by atoms with van der Waals surface area (Å²) in [5, 5.41) is -1.15. The standard InChI is InChI=1S/C4H5Cl2NO3S/c1-2-3-7(4(5)8)11(6,9)10/h2H,1,3H2. The summed E-state index contributed by atoms with van der Waals surface area (Å²) in [6.07, 6.45) is 1.19. The van der Waals surface area contributed by atoms with E-state index < -0.39 is 14.6 Å². The topological polar surface area (TPSA) is 54.5 Å². The summed E-state index contributed by atoms with van der Waals surface area (Å²) in [4.78, 5) is 10.4. The molecule has 0 spiro atoms. The summed E-state index contributed by atoms with van der Waals surface area (Å²) in [5.41, 5.74) is 0. The van der Waals surface area contributed by atoms with E-state index in [1.54, 1.807) is 0 Å². The molecule has 0 aromatic rings. The van der Waals surface area contributed by atoms with Crippen LogP contribution >= 0.6 is 22.3 Å². The van der Waals surface area contributed by atoms with Gasteiger partial charge < -0.3 is 0 Å². The smallest absolute Gasteiger partial charge is 0.254 e. The Balaban J connectivity index is 4.62. The first kappa shape index (κ1) is 10.7. The van der Waals surface area contributed by atoms with Gasteiger partial charge in [-0.2, -0.15) is 8.42 Å². The predicted octanol–water partition coefficient (Wildman–Crippen LogP) is 1.32. The van der Waals surface area contributed by atoms with Crippen molar-refractivity contribution in [1.82, 2.24) is 4.31 Å². The van der Waals surface area contributed by atoms with E-state index in [0.717, 1.165) is 0 Å². The fourth-order valence-corrected chi connectivity index (χ4v) is 1.62. The van der Waals surface area contributed by atoms with E-state index in [9.17, 15) is 13.2 Å². The first-order chi connectivity index (χ1) is 4.89. The number of carbonyl (C=O) groups is 1. The van der Waals surface area contributed by atoms with E-state index in [1.165, 1.54) is 6.08 Å². The number of rotatable bonds is 3. The molecular weight excluding hydrogens is 213 g/mol. The molecule has 0 radical (unpaired) electrons. The van der Waals surface area contributed by atoms with Crippen LogP contribution in [0.25, 0.3) is 0 Å².